The molecule has 1 rings (SSSR count). The van der Waals surface area contributed by atoms with Gasteiger partial charge < -0.3 is 10.1 Å². The number of aromatic nitrogens is 2. The summed E-state index contributed by atoms with van der Waals surface area (Å²) in [5.74, 6) is 1.88. The van der Waals surface area contributed by atoms with Gasteiger partial charge in [0.05, 0.1) is 25.0 Å². The van der Waals surface area contributed by atoms with Gasteiger partial charge in [0, 0.05) is 12.3 Å². The molecule has 0 aliphatic carbocycles. The fourth-order valence-electron chi connectivity index (χ4n) is 1.60. The summed E-state index contributed by atoms with van der Waals surface area (Å²) in [6, 6.07) is 0.289. The number of ether oxygens (including phenoxy) is 1. The van der Waals surface area contributed by atoms with E-state index >= 15 is 0 Å². The average Bonchev–Trinajstić information content (AvgIpc) is 2.68. The van der Waals surface area contributed by atoms with Crippen molar-refractivity contribution in [2.75, 3.05) is 26.2 Å². The van der Waals surface area contributed by atoms with E-state index in [9.17, 15) is 0 Å². The molecule has 5 heteroatoms. The predicted molar refractivity (Wildman–Crippen MR) is 64.6 cm³/mol. The van der Waals surface area contributed by atoms with Crippen molar-refractivity contribution in [2.24, 2.45) is 0 Å². The van der Waals surface area contributed by atoms with Gasteiger partial charge in [0.2, 0.25) is 0 Å². The van der Waals surface area contributed by atoms with Crippen molar-refractivity contribution in [3.05, 3.63) is 11.9 Å². The third-order valence-corrected chi connectivity index (χ3v) is 3.04. The third kappa shape index (κ3) is 2.66. The van der Waals surface area contributed by atoms with Gasteiger partial charge in [-0.05, 0) is 20.2 Å². The van der Waals surface area contributed by atoms with Crippen molar-refractivity contribution in [1.29, 1.82) is 0 Å². The first-order valence-electron chi connectivity index (χ1n) is 5.04. The van der Waals surface area contributed by atoms with Crippen LogP contribution in [0.15, 0.2) is 6.20 Å². The van der Waals surface area contributed by atoms with Gasteiger partial charge in [0.25, 0.3) is 0 Å². The Morgan fingerprint density at radius 2 is 2.40 bits per heavy atom. The molecule has 15 heavy (non-hydrogen) atoms. The molecule has 1 unspecified atom stereocenters. The van der Waals surface area contributed by atoms with Crippen LogP contribution in [-0.2, 0) is 6.54 Å². The number of nitrogens with one attached hydrogen (secondary N) is 1. The first-order valence-corrected chi connectivity index (χ1v) is 6.43. The molecule has 0 spiro atoms. The molecule has 0 saturated heterocycles. The van der Waals surface area contributed by atoms with Gasteiger partial charge in [-0.3, -0.25) is 4.68 Å². The van der Waals surface area contributed by atoms with E-state index in [0.717, 1.165) is 23.7 Å². The molecule has 0 aliphatic rings. The second kappa shape index (κ2) is 6.02. The van der Waals surface area contributed by atoms with Crippen LogP contribution in [0.5, 0.6) is 5.75 Å². The topological polar surface area (TPSA) is 39.1 Å². The number of aryl methyl sites for hydroxylation is 1. The summed E-state index contributed by atoms with van der Waals surface area (Å²) in [6.45, 7) is 2.95. The number of hydrogen-bond acceptors (Lipinski definition) is 4. The summed E-state index contributed by atoms with van der Waals surface area (Å²) < 4.78 is 7.31. The van der Waals surface area contributed by atoms with Crippen molar-refractivity contribution in [1.82, 2.24) is 15.1 Å². The maximum Gasteiger partial charge on any atom is 0.161 e. The largest absolute Gasteiger partial charge is 0.493 e. The molecule has 1 heterocycles. The Morgan fingerprint density at radius 1 is 1.67 bits per heavy atom. The molecule has 4 nitrogen and oxygen atoms in total. The van der Waals surface area contributed by atoms with Crippen LogP contribution < -0.4 is 10.1 Å². The quantitative estimate of drug-likeness (QED) is 0.803. The van der Waals surface area contributed by atoms with Crippen LogP contribution in [0.3, 0.4) is 0 Å². The van der Waals surface area contributed by atoms with Crippen molar-refractivity contribution < 1.29 is 4.74 Å². The fraction of sp³-hybridized carbons (Fsp3) is 0.700. The molecule has 1 aromatic heterocycles. The first-order chi connectivity index (χ1) is 7.28. The third-order valence-electron chi connectivity index (χ3n) is 2.38. The zero-order valence-electron chi connectivity index (χ0n) is 9.78. The smallest absolute Gasteiger partial charge is 0.161 e. The summed E-state index contributed by atoms with van der Waals surface area (Å²) in [5, 5.41) is 7.59. The molecule has 0 saturated carbocycles. The monoisotopic (exact) mass is 229 g/mol. The fourth-order valence-corrected chi connectivity index (χ4v) is 2.26. The molecule has 86 valence electrons. The Balaban J connectivity index is 3.00. The van der Waals surface area contributed by atoms with E-state index in [2.05, 4.69) is 23.6 Å². The SMILES string of the molecule is CCn1ncc(OC)c1C(CSC)NC. The van der Waals surface area contributed by atoms with E-state index in [-0.39, 0.29) is 6.04 Å². The maximum atomic E-state index is 5.32. The number of hydrogen-bond donors (Lipinski definition) is 1. The van der Waals surface area contributed by atoms with Gasteiger partial charge in [0.15, 0.2) is 5.75 Å². The van der Waals surface area contributed by atoms with Gasteiger partial charge in [0.1, 0.15) is 0 Å². The second-order valence-corrected chi connectivity index (χ2v) is 4.12. The molecule has 1 N–H and O–H groups in total. The Labute approximate surface area is 95.4 Å². The zero-order valence-corrected chi connectivity index (χ0v) is 10.6. The number of thioether (sulfide) groups is 1. The molecule has 0 aromatic carbocycles. The minimum atomic E-state index is 0.289. The minimum absolute atomic E-state index is 0.289. The van der Waals surface area contributed by atoms with Gasteiger partial charge in [-0.25, -0.2) is 0 Å². The van der Waals surface area contributed by atoms with E-state index in [1.165, 1.54) is 0 Å². The lowest BCUT2D eigenvalue weighted by Gasteiger charge is -2.17. The van der Waals surface area contributed by atoms with Gasteiger partial charge in [-0.2, -0.15) is 16.9 Å². The lowest BCUT2D eigenvalue weighted by Crippen LogP contribution is -2.22. The van der Waals surface area contributed by atoms with Crippen LogP contribution in [0, 0.1) is 0 Å². The van der Waals surface area contributed by atoms with Crippen LogP contribution in [-0.4, -0.2) is 35.9 Å². The molecular weight excluding hydrogens is 210 g/mol. The maximum absolute atomic E-state index is 5.32. The predicted octanol–water partition coefficient (Wildman–Crippen LogP) is 1.54. The molecule has 0 fully saturated rings. The van der Waals surface area contributed by atoms with Crippen LogP contribution in [0.4, 0.5) is 0 Å². The molecule has 1 atom stereocenters. The van der Waals surface area contributed by atoms with Crippen LogP contribution in [0.1, 0.15) is 18.7 Å². The highest BCUT2D eigenvalue weighted by Crippen LogP contribution is 2.26. The van der Waals surface area contributed by atoms with Crippen molar-refractivity contribution >= 4 is 11.8 Å². The summed E-state index contributed by atoms with van der Waals surface area (Å²) in [4.78, 5) is 0. The molecule has 0 radical (unpaired) electrons. The van der Waals surface area contributed by atoms with Gasteiger partial charge >= 0.3 is 0 Å². The van der Waals surface area contributed by atoms with Crippen molar-refractivity contribution in [3.63, 3.8) is 0 Å². The number of nitrogens with zero attached hydrogens (tertiary/aromatic N) is 2. The molecule has 1 aromatic rings. The second-order valence-electron chi connectivity index (χ2n) is 3.21. The summed E-state index contributed by atoms with van der Waals surface area (Å²) in [7, 11) is 3.65. The van der Waals surface area contributed by atoms with E-state index in [4.69, 9.17) is 4.74 Å². The summed E-state index contributed by atoms with van der Waals surface area (Å²) in [5.41, 5.74) is 1.14. The first kappa shape index (κ1) is 12.4. The van der Waals surface area contributed by atoms with Crippen molar-refractivity contribution in [3.8, 4) is 5.75 Å². The highest BCUT2D eigenvalue weighted by Gasteiger charge is 2.19. The Bertz CT molecular complexity index is 279. The molecule has 0 aliphatic heterocycles. The lowest BCUT2D eigenvalue weighted by atomic mass is 10.2. The highest BCUT2D eigenvalue weighted by atomic mass is 32.2. The number of methoxy groups -OCH3 is 1. The standard InChI is InChI=1S/C10H19N3OS/c1-5-13-10(8(11-2)7-15-4)9(14-3)6-12-13/h6,8,11H,5,7H2,1-4H3. The van der Waals surface area contributed by atoms with Crippen LogP contribution in [0.2, 0.25) is 0 Å². The van der Waals surface area contributed by atoms with E-state index < -0.39 is 0 Å². The molecule has 0 bridgehead atoms. The minimum Gasteiger partial charge on any atom is -0.493 e. The van der Waals surface area contributed by atoms with Gasteiger partial charge in [-0.15, -0.1) is 0 Å². The number of rotatable bonds is 6. The van der Waals surface area contributed by atoms with E-state index in [0.29, 0.717) is 0 Å². The highest BCUT2D eigenvalue weighted by molar-refractivity contribution is 7.98. The average molecular weight is 229 g/mol. The van der Waals surface area contributed by atoms with E-state index in [1.54, 1.807) is 13.3 Å². The Hall–Kier alpha value is -0.680. The van der Waals surface area contributed by atoms with E-state index in [1.807, 2.05) is 23.5 Å². The summed E-state index contributed by atoms with van der Waals surface area (Å²) >= 11 is 1.81. The van der Waals surface area contributed by atoms with Crippen LogP contribution >= 0.6 is 11.8 Å². The zero-order chi connectivity index (χ0) is 11.3. The lowest BCUT2D eigenvalue weighted by molar-refractivity contribution is 0.399. The Kier molecular flexibility index (Phi) is 4.98. The normalized spacial score (nSPS) is 12.8. The van der Waals surface area contributed by atoms with Crippen LogP contribution in [0.25, 0.3) is 0 Å². The van der Waals surface area contributed by atoms with Crippen molar-refractivity contribution in [2.45, 2.75) is 19.5 Å². The van der Waals surface area contributed by atoms with Gasteiger partial charge in [-0.1, -0.05) is 0 Å². The molecular formula is C10H19N3OS. The Morgan fingerprint density at radius 3 is 2.87 bits per heavy atom. The molecule has 0 amide bonds. The summed E-state index contributed by atoms with van der Waals surface area (Å²) in [6.07, 6.45) is 3.88.